The summed E-state index contributed by atoms with van der Waals surface area (Å²) < 4.78 is 5.18. The second-order valence-corrected chi connectivity index (χ2v) is 5.24. The molecular weight excluding hydrogens is 234 g/mol. The van der Waals surface area contributed by atoms with Crippen molar-refractivity contribution in [3.05, 3.63) is 12.2 Å². The number of aliphatic hydroxyl groups is 1. The maximum atomic E-state index is 11.5. The minimum Gasteiger partial charge on any atom is -0.455 e. The van der Waals surface area contributed by atoms with E-state index in [-0.39, 0.29) is 17.4 Å². The van der Waals surface area contributed by atoms with Gasteiger partial charge in [0.1, 0.15) is 12.4 Å². The molecule has 0 aromatic heterocycles. The van der Waals surface area contributed by atoms with Gasteiger partial charge in [0.25, 0.3) is 0 Å². The second-order valence-electron chi connectivity index (χ2n) is 5.24. The number of aliphatic hydroxyl groups excluding tert-OH is 1. The predicted octanol–water partition coefficient (Wildman–Crippen LogP) is 0.584. The fraction of sp³-hybridized carbons (Fsp3) is 0.615. The summed E-state index contributed by atoms with van der Waals surface area (Å²) >= 11 is 0. The number of nitriles is 1. The number of carbonyl (C=O) groups is 2. The lowest BCUT2D eigenvalue weighted by atomic mass is 9.78. The summed E-state index contributed by atoms with van der Waals surface area (Å²) in [5.41, 5.74) is -0.703. The zero-order valence-corrected chi connectivity index (χ0v) is 10.1. The van der Waals surface area contributed by atoms with E-state index in [1.54, 1.807) is 0 Å². The topological polar surface area (TPSA) is 87.4 Å². The number of hydrogen-bond acceptors (Lipinski definition) is 5. The Morgan fingerprint density at radius 3 is 2.78 bits per heavy atom. The smallest absolute Gasteiger partial charge is 0.333 e. The Balaban J connectivity index is 2.23. The van der Waals surface area contributed by atoms with Gasteiger partial charge in [0, 0.05) is 11.5 Å². The van der Waals surface area contributed by atoms with Gasteiger partial charge >= 0.3 is 5.97 Å². The molecule has 5 heteroatoms. The van der Waals surface area contributed by atoms with Crippen LogP contribution in [0, 0.1) is 28.6 Å². The normalized spacial score (nSPS) is 41.2. The maximum absolute atomic E-state index is 11.5. The molecule has 2 saturated carbocycles. The maximum Gasteiger partial charge on any atom is 0.333 e. The van der Waals surface area contributed by atoms with Crippen LogP contribution in [0.25, 0.3) is 0 Å². The first-order chi connectivity index (χ1) is 8.45. The lowest BCUT2D eigenvalue weighted by Gasteiger charge is -2.33. The molecule has 18 heavy (non-hydrogen) atoms. The van der Waals surface area contributed by atoms with E-state index in [4.69, 9.17) is 4.74 Å². The Bertz CT molecular complexity index is 452. The van der Waals surface area contributed by atoms with Crippen LogP contribution in [0.4, 0.5) is 0 Å². The molecule has 0 aliphatic heterocycles. The number of fused-ring (bicyclic) bond motifs is 2. The molecule has 5 unspecified atom stereocenters. The Hall–Kier alpha value is -1.67. The number of rotatable bonds is 3. The summed E-state index contributed by atoms with van der Waals surface area (Å²) in [6, 6.07) is 2.13. The van der Waals surface area contributed by atoms with Crippen molar-refractivity contribution in [2.75, 3.05) is 0 Å². The summed E-state index contributed by atoms with van der Waals surface area (Å²) in [5.74, 6) is -1.21. The van der Waals surface area contributed by atoms with Crippen LogP contribution in [-0.4, -0.2) is 29.6 Å². The van der Waals surface area contributed by atoms with E-state index in [1.165, 1.54) is 6.92 Å². The number of ether oxygens (including phenoxy) is 1. The fourth-order valence-corrected chi connectivity index (χ4v) is 3.09. The summed E-state index contributed by atoms with van der Waals surface area (Å²) in [7, 11) is 0. The monoisotopic (exact) mass is 249 g/mol. The molecule has 2 aliphatic rings. The third-order valence-corrected chi connectivity index (χ3v) is 4.02. The second kappa shape index (κ2) is 4.21. The molecule has 2 aliphatic carbocycles. The Morgan fingerprint density at radius 1 is 1.61 bits per heavy atom. The van der Waals surface area contributed by atoms with E-state index in [9.17, 15) is 20.0 Å². The molecule has 0 spiro atoms. The number of aldehydes is 1. The van der Waals surface area contributed by atoms with Gasteiger partial charge in [-0.2, -0.15) is 5.26 Å². The van der Waals surface area contributed by atoms with Crippen LogP contribution in [-0.2, 0) is 14.3 Å². The highest BCUT2D eigenvalue weighted by atomic mass is 16.6. The van der Waals surface area contributed by atoms with Gasteiger partial charge in [-0.25, -0.2) is 4.79 Å². The van der Waals surface area contributed by atoms with Crippen molar-refractivity contribution in [1.82, 2.24) is 0 Å². The van der Waals surface area contributed by atoms with E-state index in [0.717, 1.165) is 6.29 Å². The van der Waals surface area contributed by atoms with Crippen molar-refractivity contribution in [3.8, 4) is 6.07 Å². The molecule has 0 radical (unpaired) electrons. The highest BCUT2D eigenvalue weighted by Gasteiger charge is 2.64. The van der Waals surface area contributed by atoms with Crippen LogP contribution in [0.15, 0.2) is 12.2 Å². The lowest BCUT2D eigenvalue weighted by Crippen LogP contribution is -2.45. The summed E-state index contributed by atoms with van der Waals surface area (Å²) in [6.07, 6.45) is -0.265. The Morgan fingerprint density at radius 2 is 2.28 bits per heavy atom. The lowest BCUT2D eigenvalue weighted by molar-refractivity contribution is -0.158. The average molecular weight is 249 g/mol. The average Bonchev–Trinajstić information content (AvgIpc) is 2.85. The third-order valence-electron chi connectivity index (χ3n) is 4.02. The quantitative estimate of drug-likeness (QED) is 0.449. The van der Waals surface area contributed by atoms with E-state index in [2.05, 4.69) is 12.6 Å². The molecule has 0 heterocycles. The van der Waals surface area contributed by atoms with Crippen LogP contribution in [0.2, 0.25) is 0 Å². The summed E-state index contributed by atoms with van der Waals surface area (Å²) in [4.78, 5) is 22.4. The molecule has 0 aromatic rings. The molecule has 2 bridgehead atoms. The van der Waals surface area contributed by atoms with E-state index < -0.39 is 23.6 Å². The Kier molecular flexibility index (Phi) is 2.99. The first-order valence-corrected chi connectivity index (χ1v) is 5.86. The van der Waals surface area contributed by atoms with Crippen molar-refractivity contribution in [3.63, 3.8) is 0 Å². The van der Waals surface area contributed by atoms with Gasteiger partial charge < -0.3 is 14.6 Å². The molecule has 0 saturated heterocycles. The van der Waals surface area contributed by atoms with Crippen LogP contribution in [0.5, 0.6) is 0 Å². The number of hydrogen-bond donors (Lipinski definition) is 1. The SMILES string of the molecule is C=C(C)C(=O)OC1C(O)C2CC1(C#N)CC2C=O. The summed E-state index contributed by atoms with van der Waals surface area (Å²) in [5, 5.41) is 19.4. The molecule has 2 fully saturated rings. The van der Waals surface area contributed by atoms with Gasteiger partial charge in [0.05, 0.1) is 17.6 Å². The van der Waals surface area contributed by atoms with Gasteiger partial charge in [-0.05, 0) is 25.7 Å². The van der Waals surface area contributed by atoms with Crippen molar-refractivity contribution >= 4 is 12.3 Å². The van der Waals surface area contributed by atoms with Gasteiger partial charge in [-0.1, -0.05) is 6.58 Å². The summed E-state index contributed by atoms with van der Waals surface area (Å²) in [6.45, 7) is 4.98. The molecule has 0 amide bonds. The minimum absolute atomic E-state index is 0.227. The predicted molar refractivity (Wildman–Crippen MR) is 61.0 cm³/mol. The number of esters is 1. The van der Waals surface area contributed by atoms with E-state index in [0.29, 0.717) is 12.8 Å². The van der Waals surface area contributed by atoms with Gasteiger partial charge in [0.2, 0.25) is 0 Å². The van der Waals surface area contributed by atoms with Crippen molar-refractivity contribution < 1.29 is 19.4 Å². The third kappa shape index (κ3) is 1.65. The first-order valence-electron chi connectivity index (χ1n) is 5.86. The van der Waals surface area contributed by atoms with Gasteiger partial charge in [-0.15, -0.1) is 0 Å². The van der Waals surface area contributed by atoms with E-state index >= 15 is 0 Å². The van der Waals surface area contributed by atoms with Gasteiger partial charge in [0.15, 0.2) is 0 Å². The highest BCUT2D eigenvalue weighted by Crippen LogP contribution is 2.57. The standard InChI is InChI=1S/C13H15NO4/c1-7(2)12(17)18-11-10(16)9-4-13(11,6-14)3-8(9)5-15/h5,8-11,16H,1,3-4H2,2H3. The van der Waals surface area contributed by atoms with Crippen LogP contribution in [0.3, 0.4) is 0 Å². The van der Waals surface area contributed by atoms with Crippen molar-refractivity contribution in [2.45, 2.75) is 32.0 Å². The van der Waals surface area contributed by atoms with Crippen molar-refractivity contribution in [1.29, 1.82) is 5.26 Å². The van der Waals surface area contributed by atoms with E-state index in [1.807, 2.05) is 0 Å². The number of nitrogens with zero attached hydrogens (tertiary/aromatic N) is 1. The molecule has 5 atom stereocenters. The number of carbonyl (C=O) groups excluding carboxylic acids is 2. The highest BCUT2D eigenvalue weighted by molar-refractivity contribution is 5.87. The zero-order chi connectivity index (χ0) is 13.5. The first kappa shape index (κ1) is 12.8. The minimum atomic E-state index is -0.947. The molecule has 0 aromatic carbocycles. The van der Waals surface area contributed by atoms with Gasteiger partial charge in [-0.3, -0.25) is 0 Å². The molecule has 5 nitrogen and oxygen atoms in total. The zero-order valence-electron chi connectivity index (χ0n) is 10.1. The van der Waals surface area contributed by atoms with Crippen LogP contribution in [0.1, 0.15) is 19.8 Å². The van der Waals surface area contributed by atoms with Crippen LogP contribution >= 0.6 is 0 Å². The largest absolute Gasteiger partial charge is 0.455 e. The molecular formula is C13H15NO4. The van der Waals surface area contributed by atoms with Crippen LogP contribution < -0.4 is 0 Å². The molecule has 96 valence electrons. The molecule has 2 rings (SSSR count). The molecule has 1 N–H and O–H groups in total. The van der Waals surface area contributed by atoms with Crippen molar-refractivity contribution in [2.24, 2.45) is 17.3 Å². The fourth-order valence-electron chi connectivity index (χ4n) is 3.09. The Labute approximate surface area is 105 Å².